The average molecular weight is 341 g/mol. The van der Waals surface area contributed by atoms with Gasteiger partial charge in [0.1, 0.15) is 0 Å². The van der Waals surface area contributed by atoms with Crippen molar-refractivity contribution in [1.29, 1.82) is 0 Å². The highest BCUT2D eigenvalue weighted by Crippen LogP contribution is 2.36. The van der Waals surface area contributed by atoms with Gasteiger partial charge in [-0.15, -0.1) is 0 Å². The summed E-state index contributed by atoms with van der Waals surface area (Å²) in [5.41, 5.74) is 9.98. The summed E-state index contributed by atoms with van der Waals surface area (Å²) in [6, 6.07) is 19.0. The Kier molecular flexibility index (Phi) is 4.53. The summed E-state index contributed by atoms with van der Waals surface area (Å²) in [4.78, 5) is 0. The molecule has 3 aromatic carbocycles. The van der Waals surface area contributed by atoms with E-state index in [-0.39, 0.29) is 0 Å². The fraction of sp³-hybridized carbons (Fsp3) is 0.143. The Balaban J connectivity index is 2.05. The van der Waals surface area contributed by atoms with Crippen molar-refractivity contribution < 1.29 is 13.2 Å². The number of alkyl halides is 3. The lowest BCUT2D eigenvalue weighted by atomic mass is 9.93. The molecule has 0 radical (unpaired) electrons. The van der Waals surface area contributed by atoms with Crippen LogP contribution in [0.3, 0.4) is 0 Å². The van der Waals surface area contributed by atoms with Crippen LogP contribution in [0.15, 0.2) is 66.7 Å². The number of halogens is 3. The predicted octanol–water partition coefficient (Wildman–Crippen LogP) is 5.85. The summed E-state index contributed by atoms with van der Waals surface area (Å²) in [5, 5.41) is 0. The first-order valence-corrected chi connectivity index (χ1v) is 7.95. The van der Waals surface area contributed by atoms with Crippen molar-refractivity contribution in [2.24, 2.45) is 0 Å². The normalized spacial score (nSPS) is 11.5. The van der Waals surface area contributed by atoms with Crippen molar-refractivity contribution in [1.82, 2.24) is 0 Å². The minimum atomic E-state index is -4.39. The summed E-state index contributed by atoms with van der Waals surface area (Å²) < 4.78 is 39.2. The summed E-state index contributed by atoms with van der Waals surface area (Å²) in [6.07, 6.45) is -3.76. The van der Waals surface area contributed by atoms with Gasteiger partial charge in [0, 0.05) is 11.3 Å². The van der Waals surface area contributed by atoms with Crippen LogP contribution in [0.25, 0.3) is 11.1 Å². The van der Waals surface area contributed by atoms with Gasteiger partial charge >= 0.3 is 6.18 Å². The third kappa shape index (κ3) is 3.85. The maximum atomic E-state index is 13.1. The summed E-state index contributed by atoms with van der Waals surface area (Å²) in [5.74, 6) is 0. The fourth-order valence-corrected chi connectivity index (χ4v) is 2.83. The molecule has 4 heteroatoms. The number of hydrogen-bond acceptors (Lipinski definition) is 1. The van der Waals surface area contributed by atoms with Crippen molar-refractivity contribution in [2.75, 3.05) is 5.73 Å². The van der Waals surface area contributed by atoms with Crippen molar-refractivity contribution in [2.45, 2.75) is 19.5 Å². The second-order valence-electron chi connectivity index (χ2n) is 6.12. The van der Waals surface area contributed by atoms with E-state index < -0.39 is 11.7 Å². The largest absolute Gasteiger partial charge is 0.416 e. The smallest absolute Gasteiger partial charge is 0.398 e. The topological polar surface area (TPSA) is 26.0 Å². The van der Waals surface area contributed by atoms with E-state index in [9.17, 15) is 13.2 Å². The molecule has 25 heavy (non-hydrogen) atoms. The first kappa shape index (κ1) is 17.1. The fourth-order valence-electron chi connectivity index (χ4n) is 2.83. The molecule has 0 fully saturated rings. The van der Waals surface area contributed by atoms with Crippen molar-refractivity contribution in [3.05, 3.63) is 89.0 Å². The van der Waals surface area contributed by atoms with E-state index in [0.29, 0.717) is 17.7 Å². The average Bonchev–Trinajstić information content (AvgIpc) is 2.57. The van der Waals surface area contributed by atoms with E-state index in [4.69, 9.17) is 5.73 Å². The second-order valence-corrected chi connectivity index (χ2v) is 6.12. The Morgan fingerprint density at radius 1 is 0.840 bits per heavy atom. The zero-order chi connectivity index (χ0) is 18.0. The maximum absolute atomic E-state index is 13.1. The zero-order valence-corrected chi connectivity index (χ0v) is 13.8. The lowest BCUT2D eigenvalue weighted by Gasteiger charge is -2.15. The van der Waals surface area contributed by atoms with E-state index >= 15 is 0 Å². The molecule has 128 valence electrons. The van der Waals surface area contributed by atoms with Gasteiger partial charge in [-0.3, -0.25) is 0 Å². The van der Waals surface area contributed by atoms with Gasteiger partial charge in [0.2, 0.25) is 0 Å². The highest BCUT2D eigenvalue weighted by molar-refractivity contribution is 5.79. The molecule has 2 N–H and O–H groups in total. The lowest BCUT2D eigenvalue weighted by molar-refractivity contribution is -0.137. The molecule has 0 aliphatic carbocycles. The Labute approximate surface area is 144 Å². The molecule has 0 saturated carbocycles. The van der Waals surface area contributed by atoms with Gasteiger partial charge in [-0.25, -0.2) is 0 Å². The Bertz CT molecular complexity index is 880. The second kappa shape index (κ2) is 6.63. The van der Waals surface area contributed by atoms with Crippen LogP contribution >= 0.6 is 0 Å². The predicted molar refractivity (Wildman–Crippen MR) is 95.3 cm³/mol. The SMILES string of the molecule is Cc1ccc(Cc2ccccc2-c2cc(C(F)(F)F)ccc2N)cc1. The van der Waals surface area contributed by atoms with E-state index in [1.807, 2.05) is 55.5 Å². The molecule has 1 nitrogen and oxygen atoms in total. The highest BCUT2D eigenvalue weighted by Gasteiger charge is 2.31. The van der Waals surface area contributed by atoms with Crippen LogP contribution in [-0.2, 0) is 12.6 Å². The monoisotopic (exact) mass is 341 g/mol. The molecule has 0 unspecified atom stereocenters. The summed E-state index contributed by atoms with van der Waals surface area (Å²) in [6.45, 7) is 2.01. The Morgan fingerprint density at radius 3 is 2.20 bits per heavy atom. The lowest BCUT2D eigenvalue weighted by Crippen LogP contribution is -2.06. The van der Waals surface area contributed by atoms with Crippen molar-refractivity contribution in [3.8, 4) is 11.1 Å². The minimum Gasteiger partial charge on any atom is -0.398 e. The Morgan fingerprint density at radius 2 is 1.52 bits per heavy atom. The summed E-state index contributed by atoms with van der Waals surface area (Å²) in [7, 11) is 0. The van der Waals surface area contributed by atoms with E-state index in [1.165, 1.54) is 11.6 Å². The van der Waals surface area contributed by atoms with Crippen molar-refractivity contribution in [3.63, 3.8) is 0 Å². The summed E-state index contributed by atoms with van der Waals surface area (Å²) >= 11 is 0. The van der Waals surface area contributed by atoms with Gasteiger partial charge in [-0.05, 0) is 48.2 Å². The first-order chi connectivity index (χ1) is 11.8. The van der Waals surface area contributed by atoms with E-state index in [1.54, 1.807) is 0 Å². The third-order valence-corrected chi connectivity index (χ3v) is 4.20. The minimum absolute atomic E-state index is 0.337. The van der Waals surface area contributed by atoms with Gasteiger partial charge in [-0.2, -0.15) is 13.2 Å². The van der Waals surface area contributed by atoms with Gasteiger partial charge in [0.25, 0.3) is 0 Å². The molecule has 0 aliphatic rings. The quantitative estimate of drug-likeness (QED) is 0.594. The standard InChI is InChI=1S/C21H18F3N/c1-14-6-8-15(9-7-14)12-16-4-2-3-5-18(16)19-13-17(21(22,23)24)10-11-20(19)25/h2-11,13H,12,25H2,1H3. The molecule has 0 aliphatic heterocycles. The number of anilines is 1. The molecule has 0 spiro atoms. The van der Waals surface area contributed by atoms with Gasteiger partial charge in [0.05, 0.1) is 5.56 Å². The van der Waals surface area contributed by atoms with Gasteiger partial charge in [0.15, 0.2) is 0 Å². The van der Waals surface area contributed by atoms with Gasteiger partial charge in [-0.1, -0.05) is 54.1 Å². The molecule has 3 aromatic rings. The number of aryl methyl sites for hydroxylation is 1. The van der Waals surface area contributed by atoms with Crippen LogP contribution in [0.1, 0.15) is 22.3 Å². The molecule has 0 aromatic heterocycles. The van der Waals surface area contributed by atoms with Crippen LogP contribution in [0.2, 0.25) is 0 Å². The number of nitrogen functional groups attached to an aromatic ring is 1. The molecule has 3 rings (SSSR count). The van der Waals surface area contributed by atoms with Crippen LogP contribution in [0.5, 0.6) is 0 Å². The Hall–Kier alpha value is -2.75. The number of rotatable bonds is 3. The van der Waals surface area contributed by atoms with E-state index in [0.717, 1.165) is 28.8 Å². The van der Waals surface area contributed by atoms with Crippen LogP contribution < -0.4 is 5.73 Å². The zero-order valence-electron chi connectivity index (χ0n) is 13.8. The molecular weight excluding hydrogens is 323 g/mol. The van der Waals surface area contributed by atoms with Crippen LogP contribution in [-0.4, -0.2) is 0 Å². The van der Waals surface area contributed by atoms with Crippen molar-refractivity contribution >= 4 is 5.69 Å². The number of nitrogens with two attached hydrogens (primary N) is 1. The molecular formula is C21H18F3N. The highest BCUT2D eigenvalue weighted by atomic mass is 19.4. The molecule has 0 heterocycles. The number of hydrogen-bond donors (Lipinski definition) is 1. The third-order valence-electron chi connectivity index (χ3n) is 4.20. The maximum Gasteiger partial charge on any atom is 0.416 e. The van der Waals surface area contributed by atoms with Crippen LogP contribution in [0.4, 0.5) is 18.9 Å². The number of benzene rings is 3. The molecule has 0 bridgehead atoms. The molecule has 0 amide bonds. The van der Waals surface area contributed by atoms with E-state index in [2.05, 4.69) is 0 Å². The van der Waals surface area contributed by atoms with Gasteiger partial charge < -0.3 is 5.73 Å². The molecule has 0 saturated heterocycles. The first-order valence-electron chi connectivity index (χ1n) is 7.95. The van der Waals surface area contributed by atoms with Crippen LogP contribution in [0, 0.1) is 6.92 Å². The molecule has 0 atom stereocenters.